The molecule has 1 unspecified atom stereocenters. The number of amides is 2. The molecule has 2 aliphatic heterocycles. The average molecular weight is 545 g/mol. The van der Waals surface area contributed by atoms with Gasteiger partial charge in [-0.3, -0.25) is 19.5 Å². The molecule has 0 saturated carbocycles. The van der Waals surface area contributed by atoms with Gasteiger partial charge in [0.15, 0.2) is 10.8 Å². The first-order chi connectivity index (χ1) is 17.4. The fraction of sp³-hybridized carbons (Fsp3) is 0.182. The lowest BCUT2D eigenvalue weighted by molar-refractivity contribution is -0.150. The van der Waals surface area contributed by atoms with Crippen LogP contribution in [0.5, 0.6) is 0 Å². The summed E-state index contributed by atoms with van der Waals surface area (Å²) in [6.07, 6.45) is 6.61. The Morgan fingerprint density at radius 3 is 2.97 bits per heavy atom. The number of rotatable bonds is 10. The number of nitrogen functional groups attached to an aromatic ring is 1. The van der Waals surface area contributed by atoms with Gasteiger partial charge >= 0.3 is 5.97 Å². The molecule has 0 radical (unpaired) electrons. The highest BCUT2D eigenvalue weighted by Gasteiger charge is 2.54. The van der Waals surface area contributed by atoms with Crippen LogP contribution >= 0.6 is 34.9 Å². The van der Waals surface area contributed by atoms with Crippen molar-refractivity contribution < 1.29 is 24.3 Å². The molecule has 14 heteroatoms. The number of thiazole rings is 1. The Labute approximate surface area is 218 Å². The van der Waals surface area contributed by atoms with Crippen LogP contribution in [-0.2, 0) is 19.2 Å². The summed E-state index contributed by atoms with van der Waals surface area (Å²) in [5.74, 6) is -2.08. The zero-order valence-corrected chi connectivity index (χ0v) is 21.0. The smallest absolute Gasteiger partial charge is 0.353 e. The van der Waals surface area contributed by atoms with Gasteiger partial charge in [-0.2, -0.15) is 0 Å². The molecule has 0 spiro atoms. The lowest BCUT2D eigenvalue weighted by Gasteiger charge is -2.49. The van der Waals surface area contributed by atoms with Crippen molar-refractivity contribution in [3.8, 4) is 0 Å². The molecular weight excluding hydrogens is 524 g/mol. The van der Waals surface area contributed by atoms with Crippen LogP contribution in [-0.4, -0.2) is 67.2 Å². The first kappa shape index (κ1) is 25.5. The number of oxime groups is 1. The molecule has 4 N–H and O–H groups in total. The van der Waals surface area contributed by atoms with E-state index in [4.69, 9.17) is 10.6 Å². The number of carbonyl (C=O) groups is 3. The van der Waals surface area contributed by atoms with E-state index in [1.165, 1.54) is 34.5 Å². The van der Waals surface area contributed by atoms with Gasteiger partial charge in [-0.1, -0.05) is 35.6 Å². The number of nitrogens with one attached hydrogen (secondary N) is 1. The number of thioether (sulfide) groups is 2. The van der Waals surface area contributed by atoms with Crippen LogP contribution in [0.1, 0.15) is 11.3 Å². The van der Waals surface area contributed by atoms with Gasteiger partial charge < -0.3 is 21.0 Å². The molecule has 2 aliphatic rings. The molecule has 0 aliphatic carbocycles. The first-order valence-corrected chi connectivity index (χ1v) is 13.2. The third-order valence-corrected chi connectivity index (χ3v) is 7.94. The zero-order chi connectivity index (χ0) is 25.7. The summed E-state index contributed by atoms with van der Waals surface area (Å²) in [7, 11) is 0. The Morgan fingerprint density at radius 2 is 2.31 bits per heavy atom. The molecular formula is C22H20N6O5S3. The van der Waals surface area contributed by atoms with Gasteiger partial charge in [-0.25, -0.2) is 9.78 Å². The van der Waals surface area contributed by atoms with Crippen molar-refractivity contribution in [2.45, 2.75) is 11.4 Å². The lowest BCUT2D eigenvalue weighted by Crippen LogP contribution is -2.71. The second kappa shape index (κ2) is 11.4. The maximum absolute atomic E-state index is 13.0. The van der Waals surface area contributed by atoms with Crippen LogP contribution < -0.4 is 11.1 Å². The fourth-order valence-electron chi connectivity index (χ4n) is 3.32. The van der Waals surface area contributed by atoms with E-state index >= 15 is 0 Å². The van der Waals surface area contributed by atoms with Crippen LogP contribution in [0.2, 0.25) is 0 Å². The number of carbonyl (C=O) groups excluding carboxylic acids is 2. The second-order valence-electron chi connectivity index (χ2n) is 7.24. The Kier molecular flexibility index (Phi) is 8.07. The number of aromatic nitrogens is 2. The Bertz CT molecular complexity index is 1280. The summed E-state index contributed by atoms with van der Waals surface area (Å²) in [5.41, 5.74) is 6.49. The van der Waals surface area contributed by atoms with Crippen molar-refractivity contribution in [3.05, 3.63) is 69.8 Å². The largest absolute Gasteiger partial charge is 0.477 e. The minimum atomic E-state index is -1.21. The summed E-state index contributed by atoms with van der Waals surface area (Å²) >= 11 is 3.71. The molecule has 186 valence electrons. The van der Waals surface area contributed by atoms with Crippen LogP contribution in [0.25, 0.3) is 6.08 Å². The molecule has 2 aromatic rings. The number of aliphatic carboxylic acids is 1. The van der Waals surface area contributed by atoms with Gasteiger partial charge in [0, 0.05) is 28.4 Å². The second-order valence-corrected chi connectivity index (χ2v) is 10.2. The topological polar surface area (TPSA) is 160 Å². The molecule has 4 heterocycles. The van der Waals surface area contributed by atoms with E-state index < -0.39 is 29.2 Å². The third kappa shape index (κ3) is 5.45. The number of hydrogen-bond donors (Lipinski definition) is 3. The summed E-state index contributed by atoms with van der Waals surface area (Å²) in [6.45, 7) is 3.59. The molecule has 0 bridgehead atoms. The van der Waals surface area contributed by atoms with Crippen molar-refractivity contribution in [1.82, 2.24) is 20.2 Å². The van der Waals surface area contributed by atoms with Crippen molar-refractivity contribution in [2.75, 3.05) is 18.1 Å². The van der Waals surface area contributed by atoms with E-state index in [1.807, 2.05) is 12.1 Å². The Balaban J connectivity index is 1.49. The number of carboxylic acid groups (broad SMARTS) is 1. The minimum absolute atomic E-state index is 0.0630. The van der Waals surface area contributed by atoms with Crippen molar-refractivity contribution in [1.29, 1.82) is 0 Å². The van der Waals surface area contributed by atoms with Gasteiger partial charge in [-0.05, 0) is 23.1 Å². The Hall–Kier alpha value is -3.62. The third-order valence-electron chi connectivity index (χ3n) is 4.91. The molecule has 2 atom stereocenters. The quantitative estimate of drug-likeness (QED) is 0.133. The SMILES string of the molecule is C=CCON=C(C(=O)NC1C(=O)N2C(C(=O)O)=C(S/C=C\c3cccnc3)CS[C@@H]12)c1csc(N)n1. The molecule has 0 aromatic carbocycles. The summed E-state index contributed by atoms with van der Waals surface area (Å²) in [6, 6.07) is 2.73. The standard InChI is InChI=1S/C22H20N6O5S3/c1-2-7-33-27-15(13-10-36-22(23)25-13)18(29)26-16-19(30)28-17(21(31)32)14(11-35-20(16)28)34-8-5-12-4-3-6-24-9-12/h2-6,8-10,16,20H,1,7,11H2,(H2,23,25)(H,26,29)(H,31,32)/b8-5-,27-15?/t16?,20-/m0/s1. The number of nitrogens with two attached hydrogens (primary N) is 1. The number of pyridine rings is 1. The highest BCUT2D eigenvalue weighted by Crippen LogP contribution is 2.43. The Morgan fingerprint density at radius 1 is 1.47 bits per heavy atom. The molecule has 1 fully saturated rings. The van der Waals surface area contributed by atoms with Crippen LogP contribution in [0.4, 0.5) is 5.13 Å². The molecule has 36 heavy (non-hydrogen) atoms. The molecule has 4 rings (SSSR count). The van der Waals surface area contributed by atoms with E-state index in [0.29, 0.717) is 10.7 Å². The highest BCUT2D eigenvalue weighted by atomic mass is 32.2. The zero-order valence-electron chi connectivity index (χ0n) is 18.6. The fourth-order valence-corrected chi connectivity index (χ4v) is 6.22. The average Bonchev–Trinajstić information content (AvgIpc) is 3.30. The number of anilines is 1. The van der Waals surface area contributed by atoms with Crippen molar-refractivity contribution in [2.24, 2.45) is 5.16 Å². The predicted molar refractivity (Wildman–Crippen MR) is 140 cm³/mol. The number of nitrogens with zero attached hydrogens (tertiary/aromatic N) is 4. The molecule has 2 amide bonds. The summed E-state index contributed by atoms with van der Waals surface area (Å²) in [5, 5.41) is 19.3. The van der Waals surface area contributed by atoms with E-state index in [-0.39, 0.29) is 28.8 Å². The predicted octanol–water partition coefficient (Wildman–Crippen LogP) is 2.13. The number of β-lactam (4-membered cyclic amide) rings is 1. The van der Waals surface area contributed by atoms with Gasteiger partial charge in [0.25, 0.3) is 11.8 Å². The summed E-state index contributed by atoms with van der Waals surface area (Å²) < 4.78 is 0. The van der Waals surface area contributed by atoms with Gasteiger partial charge in [0.1, 0.15) is 29.4 Å². The van der Waals surface area contributed by atoms with Crippen LogP contribution in [0.15, 0.2) is 63.7 Å². The van der Waals surface area contributed by atoms with E-state index in [1.54, 1.807) is 29.2 Å². The van der Waals surface area contributed by atoms with E-state index in [9.17, 15) is 19.5 Å². The number of hydrogen-bond acceptors (Lipinski definition) is 11. The first-order valence-electron chi connectivity index (χ1n) is 10.4. The van der Waals surface area contributed by atoms with Crippen LogP contribution in [0.3, 0.4) is 0 Å². The van der Waals surface area contributed by atoms with Crippen molar-refractivity contribution in [3.63, 3.8) is 0 Å². The van der Waals surface area contributed by atoms with Gasteiger partial charge in [0.2, 0.25) is 0 Å². The van der Waals surface area contributed by atoms with Gasteiger partial charge in [0.05, 0.1) is 0 Å². The monoisotopic (exact) mass is 544 g/mol. The van der Waals surface area contributed by atoms with E-state index in [2.05, 4.69) is 27.0 Å². The van der Waals surface area contributed by atoms with Crippen LogP contribution in [0, 0.1) is 0 Å². The highest BCUT2D eigenvalue weighted by molar-refractivity contribution is 8.08. The van der Waals surface area contributed by atoms with Gasteiger partial charge in [-0.15, -0.1) is 23.1 Å². The molecule has 2 aromatic heterocycles. The molecule has 11 nitrogen and oxygen atoms in total. The normalized spacial score (nSPS) is 19.6. The maximum Gasteiger partial charge on any atom is 0.353 e. The maximum atomic E-state index is 13.0. The minimum Gasteiger partial charge on any atom is -0.477 e. The number of carboxylic acids is 1. The lowest BCUT2D eigenvalue weighted by atomic mass is 10.0. The number of fused-ring (bicyclic) bond motifs is 1. The summed E-state index contributed by atoms with van der Waals surface area (Å²) in [4.78, 5) is 52.9. The molecule has 1 saturated heterocycles. The van der Waals surface area contributed by atoms with Crippen molar-refractivity contribution >= 4 is 69.6 Å². The van der Waals surface area contributed by atoms with E-state index in [0.717, 1.165) is 16.9 Å².